The fourth-order valence-corrected chi connectivity index (χ4v) is 4.83. The summed E-state index contributed by atoms with van der Waals surface area (Å²) in [6.45, 7) is -0.520. The number of amides is 2. The van der Waals surface area contributed by atoms with E-state index in [9.17, 15) is 23.2 Å². The fraction of sp³-hybridized carbons (Fsp3) is 0.400. The standard InChI is InChI=1S/C25H24F2N2O5/c26-25(27)19(20(25)21(30)29-13-24(9-10-24)22(31)32)11-28-23(33)34-12-18-16-7-3-1-5-14(16)15-6-2-4-8-17(15)18/h1-8,18-20H,9-13H2,(H,28,33)(H,29,30)(H,31,32). The van der Waals surface area contributed by atoms with Crippen LogP contribution in [0.25, 0.3) is 11.1 Å². The van der Waals surface area contributed by atoms with Crippen LogP contribution < -0.4 is 10.6 Å². The quantitative estimate of drug-likeness (QED) is 0.549. The Hall–Kier alpha value is -3.49. The molecule has 34 heavy (non-hydrogen) atoms. The van der Waals surface area contributed by atoms with E-state index in [1.165, 1.54) is 0 Å². The number of halogens is 2. The Balaban J connectivity index is 1.13. The Kier molecular flexibility index (Phi) is 5.30. The molecular formula is C25H24F2N2O5. The van der Waals surface area contributed by atoms with E-state index in [1.54, 1.807) is 0 Å². The van der Waals surface area contributed by atoms with Crippen LogP contribution in [0.2, 0.25) is 0 Å². The predicted octanol–water partition coefficient (Wildman–Crippen LogP) is 3.39. The Morgan fingerprint density at radius 3 is 2.12 bits per heavy atom. The number of rotatable bonds is 8. The highest BCUT2D eigenvalue weighted by molar-refractivity contribution is 5.85. The van der Waals surface area contributed by atoms with E-state index in [1.807, 2.05) is 48.5 Å². The van der Waals surface area contributed by atoms with Crippen molar-refractivity contribution in [1.29, 1.82) is 0 Å². The minimum Gasteiger partial charge on any atom is -0.481 e. The molecule has 0 aromatic heterocycles. The lowest BCUT2D eigenvalue weighted by molar-refractivity contribution is -0.143. The van der Waals surface area contributed by atoms with Gasteiger partial charge in [-0.15, -0.1) is 0 Å². The van der Waals surface area contributed by atoms with Crippen LogP contribution in [-0.4, -0.2) is 48.7 Å². The first kappa shape index (κ1) is 22.3. The van der Waals surface area contributed by atoms with E-state index in [-0.39, 0.29) is 19.1 Å². The van der Waals surface area contributed by atoms with Gasteiger partial charge in [-0.25, -0.2) is 13.6 Å². The van der Waals surface area contributed by atoms with Crippen molar-refractivity contribution in [2.75, 3.05) is 19.7 Å². The number of carbonyl (C=O) groups is 3. The van der Waals surface area contributed by atoms with Crippen LogP contribution in [0.1, 0.15) is 29.9 Å². The summed E-state index contributed by atoms with van der Waals surface area (Å²) in [5, 5.41) is 13.8. The second-order valence-electron chi connectivity index (χ2n) is 9.27. The number of ether oxygens (including phenoxy) is 1. The van der Waals surface area contributed by atoms with Crippen LogP contribution in [-0.2, 0) is 14.3 Å². The van der Waals surface area contributed by atoms with Crippen LogP contribution in [0, 0.1) is 17.3 Å². The van der Waals surface area contributed by atoms with Crippen molar-refractivity contribution in [1.82, 2.24) is 10.6 Å². The van der Waals surface area contributed by atoms with Gasteiger partial charge in [0.1, 0.15) is 12.5 Å². The van der Waals surface area contributed by atoms with E-state index in [4.69, 9.17) is 9.84 Å². The Morgan fingerprint density at radius 2 is 1.56 bits per heavy atom. The maximum Gasteiger partial charge on any atom is 0.407 e. The molecule has 2 fully saturated rings. The smallest absolute Gasteiger partial charge is 0.407 e. The molecule has 0 bridgehead atoms. The zero-order valence-corrected chi connectivity index (χ0v) is 18.2. The van der Waals surface area contributed by atoms with Gasteiger partial charge in [-0.1, -0.05) is 48.5 Å². The van der Waals surface area contributed by atoms with Gasteiger partial charge in [-0.05, 0) is 35.1 Å². The van der Waals surface area contributed by atoms with E-state index in [0.717, 1.165) is 22.3 Å². The summed E-state index contributed by atoms with van der Waals surface area (Å²) in [6.07, 6.45) is -0.00101. The Labute approximate surface area is 194 Å². The summed E-state index contributed by atoms with van der Waals surface area (Å²) in [5.74, 6) is -8.29. The number of nitrogens with one attached hydrogen (secondary N) is 2. The van der Waals surface area contributed by atoms with Gasteiger partial charge in [0.05, 0.1) is 11.3 Å². The van der Waals surface area contributed by atoms with Crippen molar-refractivity contribution in [3.05, 3.63) is 59.7 Å². The largest absolute Gasteiger partial charge is 0.481 e. The molecule has 3 aliphatic carbocycles. The highest BCUT2D eigenvalue weighted by Gasteiger charge is 2.71. The highest BCUT2D eigenvalue weighted by Crippen LogP contribution is 2.55. The second-order valence-corrected chi connectivity index (χ2v) is 9.27. The molecule has 7 nitrogen and oxygen atoms in total. The average Bonchev–Trinajstić information content (AvgIpc) is 3.69. The van der Waals surface area contributed by atoms with E-state index >= 15 is 0 Å². The first-order chi connectivity index (χ1) is 16.2. The molecule has 178 valence electrons. The SMILES string of the molecule is O=C(NCC1C(C(=O)NCC2(C(=O)O)CC2)C1(F)F)OCC1c2ccccc2-c2ccccc21. The maximum atomic E-state index is 14.1. The zero-order chi connectivity index (χ0) is 24.1. The topological polar surface area (TPSA) is 105 Å². The molecule has 2 atom stereocenters. The molecule has 3 aliphatic rings. The number of alkyl halides is 2. The Morgan fingerprint density at radius 1 is 0.971 bits per heavy atom. The molecular weight excluding hydrogens is 446 g/mol. The molecule has 5 rings (SSSR count). The third-order valence-electron chi connectivity index (χ3n) is 7.20. The summed E-state index contributed by atoms with van der Waals surface area (Å²) in [4.78, 5) is 35.6. The third-order valence-corrected chi connectivity index (χ3v) is 7.20. The monoisotopic (exact) mass is 470 g/mol. The van der Waals surface area contributed by atoms with Crippen LogP contribution in [0.3, 0.4) is 0 Å². The Bertz CT molecular complexity index is 1120. The molecule has 0 heterocycles. The third kappa shape index (κ3) is 3.78. The van der Waals surface area contributed by atoms with Crippen molar-refractivity contribution < 1.29 is 33.0 Å². The summed E-state index contributed by atoms with van der Waals surface area (Å²) in [6, 6.07) is 15.7. The molecule has 2 aromatic rings. The van der Waals surface area contributed by atoms with Crippen molar-refractivity contribution in [3.63, 3.8) is 0 Å². The van der Waals surface area contributed by atoms with Crippen molar-refractivity contribution >= 4 is 18.0 Å². The summed E-state index contributed by atoms with van der Waals surface area (Å²) < 4.78 is 33.6. The second kappa shape index (κ2) is 8.07. The first-order valence-electron chi connectivity index (χ1n) is 11.2. The average molecular weight is 470 g/mol. The lowest BCUT2D eigenvalue weighted by Gasteiger charge is -2.14. The van der Waals surface area contributed by atoms with E-state index in [0.29, 0.717) is 12.8 Å². The number of hydrogen-bond donors (Lipinski definition) is 3. The number of benzene rings is 2. The van der Waals surface area contributed by atoms with Gasteiger partial charge in [0, 0.05) is 19.0 Å². The fourth-order valence-electron chi connectivity index (χ4n) is 4.83. The van der Waals surface area contributed by atoms with E-state index in [2.05, 4.69) is 10.6 Å². The van der Waals surface area contributed by atoms with Crippen molar-refractivity contribution in [3.8, 4) is 11.1 Å². The number of hydrogen-bond acceptors (Lipinski definition) is 4. The van der Waals surface area contributed by atoms with Gasteiger partial charge in [-0.2, -0.15) is 0 Å². The number of fused-ring (bicyclic) bond motifs is 3. The van der Waals surface area contributed by atoms with Crippen LogP contribution in [0.15, 0.2) is 48.5 Å². The lowest BCUT2D eigenvalue weighted by Crippen LogP contribution is -2.36. The first-order valence-corrected chi connectivity index (χ1v) is 11.2. The van der Waals surface area contributed by atoms with Crippen molar-refractivity contribution in [2.24, 2.45) is 17.3 Å². The summed E-state index contributed by atoms with van der Waals surface area (Å²) in [7, 11) is 0. The molecule has 0 spiro atoms. The number of alkyl carbamates (subject to hydrolysis) is 1. The summed E-state index contributed by atoms with van der Waals surface area (Å²) >= 11 is 0. The van der Waals surface area contributed by atoms with Crippen LogP contribution in [0.5, 0.6) is 0 Å². The van der Waals surface area contributed by atoms with Crippen LogP contribution >= 0.6 is 0 Å². The van der Waals surface area contributed by atoms with Gasteiger partial charge in [0.25, 0.3) is 5.92 Å². The molecule has 0 radical (unpaired) electrons. The van der Waals surface area contributed by atoms with Gasteiger partial charge in [0.15, 0.2) is 0 Å². The van der Waals surface area contributed by atoms with Gasteiger partial charge < -0.3 is 20.5 Å². The number of aliphatic carboxylic acids is 1. The highest BCUT2D eigenvalue weighted by atomic mass is 19.3. The number of carboxylic acids is 1. The minimum absolute atomic E-state index is 0.0576. The van der Waals surface area contributed by atoms with Gasteiger partial charge >= 0.3 is 12.1 Å². The predicted molar refractivity (Wildman–Crippen MR) is 117 cm³/mol. The number of carbonyl (C=O) groups excluding carboxylic acids is 2. The minimum atomic E-state index is -3.26. The molecule has 0 aliphatic heterocycles. The lowest BCUT2D eigenvalue weighted by atomic mass is 9.98. The van der Waals surface area contributed by atoms with Crippen molar-refractivity contribution in [2.45, 2.75) is 24.7 Å². The molecule has 3 N–H and O–H groups in total. The van der Waals surface area contributed by atoms with E-state index < -0.39 is 47.7 Å². The van der Waals surface area contributed by atoms with Crippen LogP contribution in [0.4, 0.5) is 13.6 Å². The molecule has 2 unspecified atom stereocenters. The molecule has 0 saturated heterocycles. The summed E-state index contributed by atoms with van der Waals surface area (Å²) in [5.41, 5.74) is 3.20. The molecule has 2 amide bonds. The molecule has 9 heteroatoms. The molecule has 2 saturated carbocycles. The van der Waals surface area contributed by atoms with Gasteiger partial charge in [0.2, 0.25) is 5.91 Å². The zero-order valence-electron chi connectivity index (χ0n) is 18.2. The maximum absolute atomic E-state index is 14.1. The number of carboxylic acid groups (broad SMARTS) is 1. The molecule has 2 aromatic carbocycles. The van der Waals surface area contributed by atoms with Gasteiger partial charge in [-0.3, -0.25) is 9.59 Å². The normalized spacial score (nSPS) is 22.8.